The Morgan fingerprint density at radius 2 is 1.81 bits per heavy atom. The van der Waals surface area contributed by atoms with Crippen LogP contribution < -0.4 is 9.62 Å². The van der Waals surface area contributed by atoms with Crippen LogP contribution in [0.1, 0.15) is 13.3 Å². The van der Waals surface area contributed by atoms with Crippen LogP contribution in [0.25, 0.3) is 0 Å². The van der Waals surface area contributed by atoms with Crippen LogP contribution in [-0.4, -0.2) is 27.0 Å². The molecule has 0 spiro atoms. The molecule has 21 heavy (non-hydrogen) atoms. The van der Waals surface area contributed by atoms with Gasteiger partial charge in [-0.2, -0.15) is 0 Å². The Labute approximate surface area is 125 Å². The van der Waals surface area contributed by atoms with Crippen LogP contribution in [0.15, 0.2) is 53.7 Å². The number of sulfonamides is 1. The Bertz CT molecular complexity index is 687. The van der Waals surface area contributed by atoms with Crippen LogP contribution in [0, 0.1) is 0 Å². The summed E-state index contributed by atoms with van der Waals surface area (Å²) in [5.74, 6) is 0. The first-order valence-corrected chi connectivity index (χ1v) is 8.23. The molecule has 0 radical (unpaired) electrons. The van der Waals surface area contributed by atoms with E-state index < -0.39 is 10.0 Å². The molecule has 2 aromatic rings. The van der Waals surface area contributed by atoms with Gasteiger partial charge >= 0.3 is 0 Å². The van der Waals surface area contributed by atoms with Crippen LogP contribution in [0.4, 0.5) is 11.4 Å². The van der Waals surface area contributed by atoms with Crippen molar-refractivity contribution < 1.29 is 8.42 Å². The molecule has 0 saturated carbocycles. The maximum atomic E-state index is 12.8. The van der Waals surface area contributed by atoms with E-state index in [4.69, 9.17) is 0 Å². The number of hydrogen-bond donors (Lipinski definition) is 1. The topological polar surface area (TPSA) is 62.3 Å². The minimum absolute atomic E-state index is 0.276. The lowest BCUT2D eigenvalue weighted by atomic mass is 10.3. The normalized spacial score (nSPS) is 11.1. The van der Waals surface area contributed by atoms with Gasteiger partial charge in [0.25, 0.3) is 10.0 Å². The van der Waals surface area contributed by atoms with Crippen LogP contribution in [0.3, 0.4) is 0 Å². The highest BCUT2D eigenvalue weighted by atomic mass is 32.2. The number of aromatic nitrogens is 1. The standard InChI is InChI=1S/C15H19N3O2S/c1-3-10-17-14-6-4-5-7-15(14)21(19,20)18(2)13-8-11-16-12-9-13/h4-9,11-12,17H,3,10H2,1-2H3. The summed E-state index contributed by atoms with van der Waals surface area (Å²) < 4.78 is 26.8. The van der Waals surface area contributed by atoms with Gasteiger partial charge in [0.15, 0.2) is 0 Å². The molecule has 1 aromatic carbocycles. The molecule has 0 aliphatic rings. The van der Waals surface area contributed by atoms with Crippen LogP contribution in [0.5, 0.6) is 0 Å². The van der Waals surface area contributed by atoms with E-state index in [0.717, 1.165) is 13.0 Å². The fourth-order valence-electron chi connectivity index (χ4n) is 1.94. The van der Waals surface area contributed by atoms with Crippen molar-refractivity contribution in [3.63, 3.8) is 0 Å². The molecule has 0 aliphatic heterocycles. The van der Waals surface area contributed by atoms with Crippen LogP contribution in [0.2, 0.25) is 0 Å². The SMILES string of the molecule is CCCNc1ccccc1S(=O)(=O)N(C)c1ccncc1. The summed E-state index contributed by atoms with van der Waals surface area (Å²) in [6, 6.07) is 10.3. The molecule has 1 N–H and O–H groups in total. The zero-order valence-corrected chi connectivity index (χ0v) is 13.0. The number of nitrogens with zero attached hydrogens (tertiary/aromatic N) is 2. The van der Waals surface area contributed by atoms with E-state index in [2.05, 4.69) is 10.3 Å². The summed E-state index contributed by atoms with van der Waals surface area (Å²) in [5.41, 5.74) is 1.20. The first-order valence-electron chi connectivity index (χ1n) is 6.79. The largest absolute Gasteiger partial charge is 0.384 e. The Hall–Kier alpha value is -2.08. The third-order valence-electron chi connectivity index (χ3n) is 3.12. The molecule has 1 heterocycles. The van der Waals surface area contributed by atoms with E-state index in [1.54, 1.807) is 49.8 Å². The quantitative estimate of drug-likeness (QED) is 0.891. The molecule has 6 heteroatoms. The molecule has 0 aliphatic carbocycles. The minimum atomic E-state index is -3.61. The molecule has 0 saturated heterocycles. The highest BCUT2D eigenvalue weighted by Gasteiger charge is 2.24. The zero-order valence-electron chi connectivity index (χ0n) is 12.2. The van der Waals surface area contributed by atoms with E-state index >= 15 is 0 Å². The molecule has 0 fully saturated rings. The number of anilines is 2. The van der Waals surface area contributed by atoms with Crippen molar-refractivity contribution in [2.24, 2.45) is 0 Å². The van der Waals surface area contributed by atoms with Gasteiger partial charge in [-0.1, -0.05) is 19.1 Å². The maximum Gasteiger partial charge on any atom is 0.266 e. The Morgan fingerprint density at radius 3 is 2.48 bits per heavy atom. The van der Waals surface area contributed by atoms with Crippen molar-refractivity contribution >= 4 is 21.4 Å². The smallest absolute Gasteiger partial charge is 0.266 e. The van der Waals surface area contributed by atoms with E-state index in [0.29, 0.717) is 11.4 Å². The van der Waals surface area contributed by atoms with Crippen molar-refractivity contribution in [3.05, 3.63) is 48.8 Å². The maximum absolute atomic E-state index is 12.8. The number of nitrogens with one attached hydrogen (secondary N) is 1. The molecule has 2 rings (SSSR count). The Morgan fingerprint density at radius 1 is 1.14 bits per heavy atom. The number of hydrogen-bond acceptors (Lipinski definition) is 4. The number of pyridine rings is 1. The molecule has 0 unspecified atom stereocenters. The van der Waals surface area contributed by atoms with Gasteiger partial charge in [-0.25, -0.2) is 8.42 Å². The van der Waals surface area contributed by atoms with Crippen molar-refractivity contribution in [1.29, 1.82) is 0 Å². The monoisotopic (exact) mass is 305 g/mol. The van der Waals surface area contributed by atoms with Gasteiger partial charge in [0.2, 0.25) is 0 Å². The van der Waals surface area contributed by atoms with Gasteiger partial charge < -0.3 is 5.32 Å². The summed E-state index contributed by atoms with van der Waals surface area (Å²) in [6.45, 7) is 2.76. The number of para-hydroxylation sites is 1. The minimum Gasteiger partial charge on any atom is -0.384 e. The second-order valence-corrected chi connectivity index (χ2v) is 6.54. The third-order valence-corrected chi connectivity index (χ3v) is 4.96. The summed E-state index contributed by atoms with van der Waals surface area (Å²) in [6.07, 6.45) is 4.07. The molecular formula is C15H19N3O2S. The van der Waals surface area contributed by atoms with Crippen molar-refractivity contribution in [2.75, 3.05) is 23.2 Å². The van der Waals surface area contributed by atoms with Gasteiger partial charge in [0, 0.05) is 26.0 Å². The predicted octanol–water partition coefficient (Wildman–Crippen LogP) is 2.73. The number of benzene rings is 1. The lowest BCUT2D eigenvalue weighted by molar-refractivity contribution is 0.594. The van der Waals surface area contributed by atoms with Crippen molar-refractivity contribution in [2.45, 2.75) is 18.2 Å². The summed E-state index contributed by atoms with van der Waals surface area (Å²) in [5, 5.41) is 3.16. The van der Waals surface area contributed by atoms with E-state index in [1.165, 1.54) is 4.31 Å². The first-order chi connectivity index (χ1) is 10.1. The number of rotatable bonds is 6. The summed E-state index contributed by atoms with van der Waals surface area (Å²) >= 11 is 0. The second kappa shape index (κ2) is 6.58. The fourth-order valence-corrected chi connectivity index (χ4v) is 3.30. The summed E-state index contributed by atoms with van der Waals surface area (Å²) in [7, 11) is -2.07. The fraction of sp³-hybridized carbons (Fsp3) is 0.267. The third kappa shape index (κ3) is 3.33. The highest BCUT2D eigenvalue weighted by Crippen LogP contribution is 2.26. The van der Waals surface area contributed by atoms with Gasteiger partial charge in [0.05, 0.1) is 11.4 Å². The second-order valence-electron chi connectivity index (χ2n) is 4.60. The molecule has 112 valence electrons. The molecule has 1 aromatic heterocycles. The first kappa shape index (κ1) is 15.3. The highest BCUT2D eigenvalue weighted by molar-refractivity contribution is 7.93. The average molecular weight is 305 g/mol. The van der Waals surface area contributed by atoms with Gasteiger partial charge in [0.1, 0.15) is 4.90 Å². The molecule has 5 nitrogen and oxygen atoms in total. The zero-order chi connectivity index (χ0) is 15.3. The Balaban J connectivity index is 2.40. The van der Waals surface area contributed by atoms with Crippen LogP contribution >= 0.6 is 0 Å². The molecule has 0 amide bonds. The van der Waals surface area contributed by atoms with E-state index in [1.807, 2.05) is 13.0 Å². The molecule has 0 atom stereocenters. The average Bonchev–Trinajstić information content (AvgIpc) is 2.53. The molecular weight excluding hydrogens is 286 g/mol. The van der Waals surface area contributed by atoms with Gasteiger partial charge in [-0.15, -0.1) is 0 Å². The molecule has 0 bridgehead atoms. The van der Waals surface area contributed by atoms with E-state index in [-0.39, 0.29) is 4.90 Å². The van der Waals surface area contributed by atoms with Crippen LogP contribution in [-0.2, 0) is 10.0 Å². The lowest BCUT2D eigenvalue weighted by Gasteiger charge is -2.21. The van der Waals surface area contributed by atoms with Gasteiger partial charge in [-0.3, -0.25) is 9.29 Å². The van der Waals surface area contributed by atoms with E-state index in [9.17, 15) is 8.42 Å². The van der Waals surface area contributed by atoms with Gasteiger partial charge in [-0.05, 0) is 30.7 Å². The Kier molecular flexibility index (Phi) is 4.80. The van der Waals surface area contributed by atoms with Crippen molar-refractivity contribution in [1.82, 2.24) is 4.98 Å². The van der Waals surface area contributed by atoms with Crippen molar-refractivity contribution in [3.8, 4) is 0 Å². The predicted molar refractivity (Wildman–Crippen MR) is 85.0 cm³/mol. The summed E-state index contributed by atoms with van der Waals surface area (Å²) in [4.78, 5) is 4.18. The lowest BCUT2D eigenvalue weighted by Crippen LogP contribution is -2.27.